The summed E-state index contributed by atoms with van der Waals surface area (Å²) in [6.07, 6.45) is 3.22. The van der Waals surface area contributed by atoms with Gasteiger partial charge in [0.2, 0.25) is 0 Å². The molecule has 2 atom stereocenters. The van der Waals surface area contributed by atoms with E-state index in [-0.39, 0.29) is 23.9 Å². The minimum Gasteiger partial charge on any atom is -0.348 e. The van der Waals surface area contributed by atoms with Crippen LogP contribution in [0.1, 0.15) is 37.8 Å². The van der Waals surface area contributed by atoms with Crippen LogP contribution in [0.25, 0.3) is 0 Å². The minimum atomic E-state index is -0.168. The molecule has 2 aliphatic rings. The van der Waals surface area contributed by atoms with Crippen LogP contribution in [0.15, 0.2) is 47.6 Å². The molecule has 1 aliphatic heterocycles. The lowest BCUT2D eigenvalue weighted by Gasteiger charge is -2.28. The van der Waals surface area contributed by atoms with Crippen LogP contribution in [0.5, 0.6) is 0 Å². The molecule has 1 aliphatic carbocycles. The van der Waals surface area contributed by atoms with Crippen molar-refractivity contribution in [2.75, 3.05) is 5.01 Å². The standard InChI is InChI=1S/C21H20Cl3N3O/c1-12-19(21(28)25-16-3-2-4-16)26-27(18-10-9-15(23)11-17(18)24)20(12)13-5-7-14(22)8-6-13/h5-12,16,20H,2-4H2,1H3,(H,25,28). The first-order valence-corrected chi connectivity index (χ1v) is 10.5. The first-order valence-electron chi connectivity index (χ1n) is 9.33. The number of amides is 1. The highest BCUT2D eigenvalue weighted by molar-refractivity contribution is 6.41. The lowest BCUT2D eigenvalue weighted by Crippen LogP contribution is -2.44. The van der Waals surface area contributed by atoms with Gasteiger partial charge in [0.05, 0.1) is 16.8 Å². The van der Waals surface area contributed by atoms with E-state index in [1.165, 1.54) is 0 Å². The molecule has 0 saturated heterocycles. The first-order chi connectivity index (χ1) is 13.4. The van der Waals surface area contributed by atoms with Crippen molar-refractivity contribution in [3.8, 4) is 0 Å². The van der Waals surface area contributed by atoms with Crippen LogP contribution in [0.2, 0.25) is 15.1 Å². The maximum atomic E-state index is 12.9. The zero-order chi connectivity index (χ0) is 19.8. The fourth-order valence-corrected chi connectivity index (χ4v) is 4.28. The number of hydrazone groups is 1. The molecule has 7 heteroatoms. The van der Waals surface area contributed by atoms with Crippen molar-refractivity contribution in [2.45, 2.75) is 38.3 Å². The summed E-state index contributed by atoms with van der Waals surface area (Å²) >= 11 is 18.6. The van der Waals surface area contributed by atoms with Gasteiger partial charge in [-0.3, -0.25) is 9.80 Å². The molecule has 0 radical (unpaired) electrons. The SMILES string of the molecule is CC1C(C(=O)NC2CCC2)=NN(c2ccc(Cl)cc2Cl)C1c1ccc(Cl)cc1. The zero-order valence-electron chi connectivity index (χ0n) is 15.3. The number of nitrogens with one attached hydrogen (secondary N) is 1. The number of halogens is 3. The van der Waals surface area contributed by atoms with Crippen molar-refractivity contribution in [1.29, 1.82) is 0 Å². The average molecular weight is 437 g/mol. The van der Waals surface area contributed by atoms with E-state index in [1.54, 1.807) is 12.1 Å². The van der Waals surface area contributed by atoms with Gasteiger partial charge < -0.3 is 5.32 Å². The molecule has 0 bridgehead atoms. The van der Waals surface area contributed by atoms with Crippen LogP contribution in [0.4, 0.5) is 5.69 Å². The summed E-state index contributed by atoms with van der Waals surface area (Å²) < 4.78 is 0. The molecule has 0 spiro atoms. The smallest absolute Gasteiger partial charge is 0.268 e. The fraction of sp³-hybridized carbons (Fsp3) is 0.333. The summed E-state index contributed by atoms with van der Waals surface area (Å²) in [7, 11) is 0. The molecule has 146 valence electrons. The lowest BCUT2D eigenvalue weighted by molar-refractivity contribution is -0.116. The van der Waals surface area contributed by atoms with Gasteiger partial charge in [0.15, 0.2) is 0 Å². The van der Waals surface area contributed by atoms with E-state index in [0.29, 0.717) is 26.5 Å². The van der Waals surface area contributed by atoms with Crippen LogP contribution >= 0.6 is 34.8 Å². The van der Waals surface area contributed by atoms with E-state index in [1.807, 2.05) is 42.3 Å². The van der Waals surface area contributed by atoms with E-state index in [2.05, 4.69) is 5.32 Å². The second kappa shape index (κ2) is 7.94. The minimum absolute atomic E-state index is 0.108. The molecular weight excluding hydrogens is 417 g/mol. The van der Waals surface area contributed by atoms with Crippen molar-refractivity contribution in [1.82, 2.24) is 5.32 Å². The third-order valence-corrected chi connectivity index (χ3v) is 6.21. The fourth-order valence-electron chi connectivity index (χ4n) is 3.66. The molecule has 1 amide bonds. The highest BCUT2D eigenvalue weighted by Gasteiger charge is 2.40. The van der Waals surface area contributed by atoms with Gasteiger partial charge in [-0.25, -0.2) is 0 Å². The summed E-state index contributed by atoms with van der Waals surface area (Å²) in [5, 5.41) is 11.3. The largest absolute Gasteiger partial charge is 0.348 e. The van der Waals surface area contributed by atoms with Crippen molar-refractivity contribution in [3.05, 3.63) is 63.1 Å². The number of hydrogen-bond acceptors (Lipinski definition) is 3. The highest BCUT2D eigenvalue weighted by atomic mass is 35.5. The second-order valence-electron chi connectivity index (χ2n) is 7.31. The summed E-state index contributed by atoms with van der Waals surface area (Å²) in [5.41, 5.74) is 2.24. The molecule has 2 aromatic rings. The Hall–Kier alpha value is -1.75. The summed E-state index contributed by atoms with van der Waals surface area (Å²) in [6.45, 7) is 2.02. The molecule has 0 aromatic heterocycles. The molecule has 1 heterocycles. The topological polar surface area (TPSA) is 44.7 Å². The zero-order valence-corrected chi connectivity index (χ0v) is 17.6. The number of carbonyl (C=O) groups is 1. The number of hydrogen-bond donors (Lipinski definition) is 1. The predicted octanol–water partition coefficient (Wildman–Crippen LogP) is 5.87. The first kappa shape index (κ1) is 19.6. The van der Waals surface area contributed by atoms with Crippen molar-refractivity contribution in [3.63, 3.8) is 0 Å². The van der Waals surface area contributed by atoms with E-state index >= 15 is 0 Å². The second-order valence-corrected chi connectivity index (χ2v) is 8.59. The number of rotatable bonds is 4. The van der Waals surface area contributed by atoms with Crippen LogP contribution < -0.4 is 10.3 Å². The summed E-state index contributed by atoms with van der Waals surface area (Å²) in [6, 6.07) is 13.0. The molecule has 1 saturated carbocycles. The summed E-state index contributed by atoms with van der Waals surface area (Å²) in [4.78, 5) is 12.9. The molecule has 2 aromatic carbocycles. The van der Waals surface area contributed by atoms with Gasteiger partial charge in [-0.15, -0.1) is 0 Å². The van der Waals surface area contributed by atoms with Gasteiger partial charge in [0.1, 0.15) is 5.71 Å². The van der Waals surface area contributed by atoms with Gasteiger partial charge in [0.25, 0.3) is 5.91 Å². The highest BCUT2D eigenvalue weighted by Crippen LogP contribution is 2.42. The molecule has 1 N–H and O–H groups in total. The quantitative estimate of drug-likeness (QED) is 0.651. The Balaban J connectivity index is 1.72. The Labute approximate surface area is 179 Å². The van der Waals surface area contributed by atoms with Crippen LogP contribution in [-0.4, -0.2) is 17.7 Å². The Morgan fingerprint density at radius 1 is 1.07 bits per heavy atom. The molecule has 2 unspecified atom stereocenters. The molecule has 4 rings (SSSR count). The van der Waals surface area contributed by atoms with E-state index < -0.39 is 0 Å². The van der Waals surface area contributed by atoms with Crippen LogP contribution in [0, 0.1) is 5.92 Å². The Morgan fingerprint density at radius 3 is 2.36 bits per heavy atom. The summed E-state index contributed by atoms with van der Waals surface area (Å²) in [5.74, 6) is -0.225. The number of anilines is 1. The predicted molar refractivity (Wildman–Crippen MR) is 116 cm³/mol. The Kier molecular flexibility index (Phi) is 5.55. The maximum Gasteiger partial charge on any atom is 0.268 e. The molecular formula is C21H20Cl3N3O. The molecule has 1 fully saturated rings. The van der Waals surface area contributed by atoms with E-state index in [9.17, 15) is 4.79 Å². The number of nitrogens with zero attached hydrogens (tertiary/aromatic N) is 2. The van der Waals surface area contributed by atoms with E-state index in [4.69, 9.17) is 39.9 Å². The third kappa shape index (κ3) is 3.73. The molecule has 28 heavy (non-hydrogen) atoms. The maximum absolute atomic E-state index is 12.9. The third-order valence-electron chi connectivity index (χ3n) is 5.42. The van der Waals surface area contributed by atoms with Gasteiger partial charge in [-0.05, 0) is 55.2 Å². The Bertz CT molecular complexity index is 925. The van der Waals surface area contributed by atoms with Gasteiger partial charge in [-0.2, -0.15) is 5.10 Å². The monoisotopic (exact) mass is 435 g/mol. The average Bonchev–Trinajstić information content (AvgIpc) is 2.96. The number of benzene rings is 2. The van der Waals surface area contributed by atoms with Gasteiger partial charge >= 0.3 is 0 Å². The van der Waals surface area contributed by atoms with Crippen LogP contribution in [-0.2, 0) is 4.79 Å². The van der Waals surface area contributed by atoms with Gasteiger partial charge in [-0.1, -0.05) is 53.9 Å². The Morgan fingerprint density at radius 2 is 1.75 bits per heavy atom. The van der Waals surface area contributed by atoms with Crippen molar-refractivity contribution < 1.29 is 4.79 Å². The van der Waals surface area contributed by atoms with Gasteiger partial charge in [0, 0.05) is 22.0 Å². The van der Waals surface area contributed by atoms with Crippen molar-refractivity contribution >= 4 is 52.1 Å². The van der Waals surface area contributed by atoms with Crippen molar-refractivity contribution in [2.24, 2.45) is 11.0 Å². The van der Waals surface area contributed by atoms with Crippen LogP contribution in [0.3, 0.4) is 0 Å². The molecule has 4 nitrogen and oxygen atoms in total. The normalized spacial score (nSPS) is 22.0. The number of carbonyl (C=O) groups excluding carboxylic acids is 1. The lowest BCUT2D eigenvalue weighted by atomic mass is 9.89. The van der Waals surface area contributed by atoms with E-state index in [0.717, 1.165) is 24.8 Å².